The van der Waals surface area contributed by atoms with E-state index in [-0.39, 0.29) is 24.3 Å². The Morgan fingerprint density at radius 3 is 2.54 bits per heavy atom. The van der Waals surface area contributed by atoms with Crippen molar-refractivity contribution < 1.29 is 14.3 Å². The number of nitrogens with zero attached hydrogens (tertiary/aromatic N) is 3. The number of amidine groups is 1. The summed E-state index contributed by atoms with van der Waals surface area (Å²) in [5.74, 6) is 0.105. The molecule has 2 heterocycles. The predicted molar refractivity (Wildman–Crippen MR) is 149 cm³/mol. The number of halogens is 2. The number of carbonyl (C=O) groups is 2. The van der Waals surface area contributed by atoms with Gasteiger partial charge in [0.25, 0.3) is 5.91 Å². The van der Waals surface area contributed by atoms with E-state index < -0.39 is 5.25 Å². The number of carbonyl (C=O) groups excluding carboxylic acids is 2. The largest absolute Gasteiger partial charge is 0.497 e. The van der Waals surface area contributed by atoms with Gasteiger partial charge in [-0.25, -0.2) is 5.01 Å². The minimum absolute atomic E-state index is 0.0161. The van der Waals surface area contributed by atoms with E-state index in [1.54, 1.807) is 36.4 Å². The molecule has 0 saturated carbocycles. The fourth-order valence-corrected chi connectivity index (χ4v) is 5.52. The van der Waals surface area contributed by atoms with E-state index in [4.69, 9.17) is 33.0 Å². The second-order valence-corrected chi connectivity index (χ2v) is 10.5. The van der Waals surface area contributed by atoms with Crippen LogP contribution in [0.2, 0.25) is 10.0 Å². The first kappa shape index (κ1) is 25.3. The first-order chi connectivity index (χ1) is 17.9. The Bertz CT molecular complexity index is 1390. The third-order valence-electron chi connectivity index (χ3n) is 5.99. The van der Waals surface area contributed by atoms with Crippen LogP contribution in [0.25, 0.3) is 0 Å². The Balaban J connectivity index is 1.35. The van der Waals surface area contributed by atoms with E-state index >= 15 is 0 Å². The van der Waals surface area contributed by atoms with Crippen LogP contribution in [-0.4, -0.2) is 40.1 Å². The van der Waals surface area contributed by atoms with Gasteiger partial charge in [-0.15, -0.1) is 0 Å². The molecule has 1 N–H and O–H groups in total. The molecule has 5 rings (SSSR count). The van der Waals surface area contributed by atoms with Gasteiger partial charge in [0.15, 0.2) is 5.17 Å². The number of benzene rings is 3. The van der Waals surface area contributed by atoms with E-state index in [1.165, 1.54) is 11.8 Å². The lowest BCUT2D eigenvalue weighted by atomic mass is 9.98. The molecule has 0 spiro atoms. The van der Waals surface area contributed by atoms with Crippen LogP contribution in [0.1, 0.15) is 30.0 Å². The molecule has 0 aromatic heterocycles. The third kappa shape index (κ3) is 5.82. The number of amides is 2. The fourth-order valence-electron chi connectivity index (χ4n) is 4.14. The summed E-state index contributed by atoms with van der Waals surface area (Å²) in [5.41, 5.74) is 3.38. The van der Waals surface area contributed by atoms with E-state index in [9.17, 15) is 9.59 Å². The van der Waals surface area contributed by atoms with Gasteiger partial charge in [-0.05, 0) is 53.6 Å². The van der Waals surface area contributed by atoms with Crippen molar-refractivity contribution in [2.45, 2.75) is 24.1 Å². The summed E-state index contributed by atoms with van der Waals surface area (Å²) in [4.78, 5) is 29.7. The van der Waals surface area contributed by atoms with Crippen molar-refractivity contribution >= 4 is 63.3 Å². The van der Waals surface area contributed by atoms with Crippen molar-refractivity contribution in [3.05, 3.63) is 94.0 Å². The topological polar surface area (TPSA) is 83.4 Å². The van der Waals surface area contributed by atoms with E-state index in [0.29, 0.717) is 27.3 Å². The monoisotopic (exact) mass is 552 g/mol. The highest BCUT2D eigenvalue weighted by Gasteiger charge is 2.39. The summed E-state index contributed by atoms with van der Waals surface area (Å²) in [6.45, 7) is 0. The van der Waals surface area contributed by atoms with Crippen molar-refractivity contribution in [3.63, 3.8) is 0 Å². The van der Waals surface area contributed by atoms with Crippen LogP contribution in [0.4, 0.5) is 5.69 Å². The van der Waals surface area contributed by atoms with E-state index in [2.05, 4.69) is 10.3 Å². The number of rotatable bonds is 6. The van der Waals surface area contributed by atoms with Gasteiger partial charge < -0.3 is 10.1 Å². The van der Waals surface area contributed by atoms with Crippen LogP contribution in [0.3, 0.4) is 0 Å². The van der Waals surface area contributed by atoms with Crippen molar-refractivity contribution in [2.24, 2.45) is 10.1 Å². The van der Waals surface area contributed by atoms with Gasteiger partial charge in [0.2, 0.25) is 5.91 Å². The average Bonchev–Trinajstić information content (AvgIpc) is 3.48. The fraction of sp³-hybridized carbons (Fsp3) is 0.185. The molecule has 0 saturated heterocycles. The molecule has 3 aromatic rings. The average molecular weight is 553 g/mol. The molecule has 0 radical (unpaired) electrons. The SMILES string of the molecule is COc1ccc([C@H]2CC(c3ccc(Cl)cc3)=NN2C2=NC(=O)[C@@H](CC(=O)Nc3cccc(Cl)c3)S2)cc1. The highest BCUT2D eigenvalue weighted by atomic mass is 35.5. The minimum atomic E-state index is -0.638. The molecule has 2 atom stereocenters. The van der Waals surface area contributed by atoms with Gasteiger partial charge in [-0.2, -0.15) is 10.1 Å². The van der Waals surface area contributed by atoms with Gasteiger partial charge in [-0.3, -0.25) is 9.59 Å². The molecule has 2 aliphatic heterocycles. The van der Waals surface area contributed by atoms with Gasteiger partial charge in [0.1, 0.15) is 11.0 Å². The highest BCUT2D eigenvalue weighted by Crippen LogP contribution is 2.39. The van der Waals surface area contributed by atoms with Gasteiger partial charge in [0, 0.05) is 28.6 Å². The number of methoxy groups -OCH3 is 1. The summed E-state index contributed by atoms with van der Waals surface area (Å²) in [6.07, 6.45) is 0.597. The second kappa shape index (κ2) is 11.0. The number of hydrazone groups is 1. The van der Waals surface area contributed by atoms with Crippen molar-refractivity contribution in [1.29, 1.82) is 0 Å². The molecule has 37 heavy (non-hydrogen) atoms. The van der Waals surface area contributed by atoms with Crippen molar-refractivity contribution in [1.82, 2.24) is 5.01 Å². The van der Waals surface area contributed by atoms with Crippen LogP contribution >= 0.6 is 35.0 Å². The van der Waals surface area contributed by atoms with E-state index in [1.807, 2.05) is 48.5 Å². The molecule has 2 amide bonds. The zero-order chi connectivity index (χ0) is 25.9. The van der Waals surface area contributed by atoms with Crippen molar-refractivity contribution in [2.75, 3.05) is 12.4 Å². The summed E-state index contributed by atoms with van der Waals surface area (Å²) < 4.78 is 5.30. The lowest BCUT2D eigenvalue weighted by Gasteiger charge is -2.23. The molecule has 0 aliphatic carbocycles. The Hall–Kier alpha value is -3.33. The smallest absolute Gasteiger partial charge is 0.262 e. The zero-order valence-electron chi connectivity index (χ0n) is 19.7. The molecular formula is C27H22Cl2N4O3S. The molecule has 0 unspecified atom stereocenters. The number of anilines is 1. The molecule has 7 nitrogen and oxygen atoms in total. The van der Waals surface area contributed by atoms with Gasteiger partial charge in [-0.1, -0.05) is 65.3 Å². The number of hydrogen-bond acceptors (Lipinski definition) is 6. The molecule has 0 fully saturated rings. The number of ether oxygens (including phenoxy) is 1. The minimum Gasteiger partial charge on any atom is -0.497 e. The maximum atomic E-state index is 12.8. The number of hydrogen-bond donors (Lipinski definition) is 1. The molecular weight excluding hydrogens is 531 g/mol. The number of thioether (sulfide) groups is 1. The Morgan fingerprint density at radius 1 is 1.08 bits per heavy atom. The zero-order valence-corrected chi connectivity index (χ0v) is 22.1. The standard InChI is InChI=1S/C27H22Cl2N4O3S/c1-36-21-11-7-17(8-12-21)23-14-22(16-5-9-18(28)10-6-16)32-33(23)27-31-26(35)24(37-27)15-25(34)30-20-4-2-3-19(29)13-20/h2-13,23-24H,14-15H2,1H3,(H,30,34)/t23-,24-/m1/s1. The normalized spacial score (nSPS) is 19.0. The van der Waals surface area contributed by atoms with E-state index in [0.717, 1.165) is 22.6 Å². The quantitative estimate of drug-likeness (QED) is 0.394. The summed E-state index contributed by atoms with van der Waals surface area (Å²) in [5, 5.41) is 10.4. The maximum absolute atomic E-state index is 12.8. The summed E-state index contributed by atoms with van der Waals surface area (Å²) in [6, 6.07) is 21.9. The number of aliphatic imine (C=N–C) groups is 1. The van der Waals surface area contributed by atoms with Crippen LogP contribution < -0.4 is 10.1 Å². The van der Waals surface area contributed by atoms with Crippen LogP contribution in [0.5, 0.6) is 5.75 Å². The summed E-state index contributed by atoms with van der Waals surface area (Å²) >= 11 is 13.3. The molecule has 2 aliphatic rings. The highest BCUT2D eigenvalue weighted by molar-refractivity contribution is 8.15. The van der Waals surface area contributed by atoms with Crippen LogP contribution in [-0.2, 0) is 9.59 Å². The van der Waals surface area contributed by atoms with Gasteiger partial charge >= 0.3 is 0 Å². The van der Waals surface area contributed by atoms with Crippen LogP contribution in [0.15, 0.2) is 82.9 Å². The molecule has 188 valence electrons. The first-order valence-electron chi connectivity index (χ1n) is 11.5. The third-order valence-corrected chi connectivity index (χ3v) is 7.62. The maximum Gasteiger partial charge on any atom is 0.262 e. The Kier molecular flexibility index (Phi) is 7.50. The van der Waals surface area contributed by atoms with Crippen molar-refractivity contribution in [3.8, 4) is 5.75 Å². The lowest BCUT2D eigenvalue weighted by molar-refractivity contribution is -0.121. The van der Waals surface area contributed by atoms with Gasteiger partial charge in [0.05, 0.1) is 18.9 Å². The first-order valence-corrected chi connectivity index (χ1v) is 13.1. The Morgan fingerprint density at radius 2 is 1.84 bits per heavy atom. The lowest BCUT2D eigenvalue weighted by Crippen LogP contribution is -2.25. The molecule has 0 bridgehead atoms. The number of nitrogens with one attached hydrogen (secondary N) is 1. The molecule has 3 aromatic carbocycles. The second-order valence-electron chi connectivity index (χ2n) is 8.49. The van der Waals surface area contributed by atoms with Crippen LogP contribution in [0, 0.1) is 0 Å². The molecule has 10 heteroatoms. The summed E-state index contributed by atoms with van der Waals surface area (Å²) in [7, 11) is 1.62. The predicted octanol–water partition coefficient (Wildman–Crippen LogP) is 6.18. The Labute approximate surface area is 228 Å².